The van der Waals surface area contributed by atoms with Crippen molar-refractivity contribution in [2.75, 3.05) is 13.1 Å². The van der Waals surface area contributed by atoms with Crippen molar-refractivity contribution in [3.8, 4) is 0 Å². The van der Waals surface area contributed by atoms with E-state index in [4.69, 9.17) is 0 Å². The molecule has 16 heavy (non-hydrogen) atoms. The molecule has 2 rings (SSSR count). The molecule has 0 saturated carbocycles. The number of carbonyl (C=O) groups is 1. The third-order valence-corrected chi connectivity index (χ3v) is 3.81. The summed E-state index contributed by atoms with van der Waals surface area (Å²) in [6.07, 6.45) is 9.48. The summed E-state index contributed by atoms with van der Waals surface area (Å²) in [7, 11) is 0. The van der Waals surface area contributed by atoms with Crippen LogP contribution in [0.25, 0.3) is 0 Å². The van der Waals surface area contributed by atoms with E-state index in [1.807, 2.05) is 0 Å². The maximum absolute atomic E-state index is 12.3. The van der Waals surface area contributed by atoms with Crippen molar-refractivity contribution in [3.05, 3.63) is 0 Å². The average molecular weight is 224 g/mol. The zero-order chi connectivity index (χ0) is 11.2. The second kappa shape index (κ2) is 6.36. The van der Waals surface area contributed by atoms with E-state index >= 15 is 0 Å². The molecule has 0 aliphatic carbocycles. The van der Waals surface area contributed by atoms with E-state index in [0.29, 0.717) is 5.78 Å². The van der Waals surface area contributed by atoms with Crippen molar-refractivity contribution in [1.82, 2.24) is 10.6 Å². The Morgan fingerprint density at radius 2 is 1.25 bits per heavy atom. The quantitative estimate of drug-likeness (QED) is 0.749. The number of rotatable bonds is 2. The lowest BCUT2D eigenvalue weighted by molar-refractivity contribution is -0.123. The molecule has 0 amide bonds. The van der Waals surface area contributed by atoms with Gasteiger partial charge in [0.1, 0.15) is 0 Å². The molecule has 2 aliphatic rings. The Labute approximate surface area is 98.4 Å². The van der Waals surface area contributed by atoms with Crippen LogP contribution in [0.3, 0.4) is 0 Å². The standard InChI is InChI=1S/C13H24N2O/c16-13(11-7-3-1-5-9-14-11)12-8-4-2-6-10-15-12/h11-12,14-15H,1-10H2. The van der Waals surface area contributed by atoms with E-state index < -0.39 is 0 Å². The molecule has 0 aromatic heterocycles. The fourth-order valence-corrected chi connectivity index (χ4v) is 2.79. The zero-order valence-corrected chi connectivity index (χ0v) is 10.1. The summed E-state index contributed by atoms with van der Waals surface area (Å²) in [6.45, 7) is 2.03. The predicted molar refractivity (Wildman–Crippen MR) is 65.5 cm³/mol. The first kappa shape index (κ1) is 12.1. The second-order valence-corrected chi connectivity index (χ2v) is 5.11. The van der Waals surface area contributed by atoms with E-state index in [1.165, 1.54) is 38.5 Å². The third-order valence-electron chi connectivity index (χ3n) is 3.81. The molecular weight excluding hydrogens is 200 g/mol. The molecule has 2 unspecified atom stereocenters. The van der Waals surface area contributed by atoms with Crippen LogP contribution in [0.4, 0.5) is 0 Å². The number of ketones is 1. The van der Waals surface area contributed by atoms with Gasteiger partial charge in [-0.25, -0.2) is 0 Å². The van der Waals surface area contributed by atoms with Crippen LogP contribution in [0.2, 0.25) is 0 Å². The summed E-state index contributed by atoms with van der Waals surface area (Å²) in [5, 5.41) is 6.82. The fraction of sp³-hybridized carbons (Fsp3) is 0.923. The van der Waals surface area contributed by atoms with Crippen LogP contribution in [0.1, 0.15) is 51.4 Å². The summed E-state index contributed by atoms with van der Waals surface area (Å²) < 4.78 is 0. The van der Waals surface area contributed by atoms with Gasteiger partial charge in [-0.3, -0.25) is 4.79 Å². The molecule has 2 heterocycles. The molecule has 0 aromatic carbocycles. The summed E-state index contributed by atoms with van der Waals surface area (Å²) in [4.78, 5) is 12.3. The van der Waals surface area contributed by atoms with E-state index in [-0.39, 0.29) is 12.1 Å². The molecule has 92 valence electrons. The molecule has 2 saturated heterocycles. The van der Waals surface area contributed by atoms with Gasteiger partial charge in [-0.1, -0.05) is 25.7 Å². The molecule has 0 bridgehead atoms. The van der Waals surface area contributed by atoms with Crippen LogP contribution in [0.5, 0.6) is 0 Å². The van der Waals surface area contributed by atoms with Crippen LogP contribution >= 0.6 is 0 Å². The van der Waals surface area contributed by atoms with Gasteiger partial charge >= 0.3 is 0 Å². The lowest BCUT2D eigenvalue weighted by Crippen LogP contribution is -2.47. The normalized spacial score (nSPS) is 32.8. The van der Waals surface area contributed by atoms with Crippen molar-refractivity contribution < 1.29 is 4.79 Å². The first-order valence-corrected chi connectivity index (χ1v) is 6.88. The fourth-order valence-electron chi connectivity index (χ4n) is 2.79. The highest BCUT2D eigenvalue weighted by molar-refractivity contribution is 5.89. The number of hydrogen-bond donors (Lipinski definition) is 2. The Hall–Kier alpha value is -0.410. The Kier molecular flexibility index (Phi) is 4.79. The summed E-state index contributed by atoms with van der Waals surface area (Å²) >= 11 is 0. The SMILES string of the molecule is O=C(C1CCCCCN1)C1CCCCCN1. The predicted octanol–water partition coefficient (Wildman–Crippen LogP) is 1.62. The van der Waals surface area contributed by atoms with Gasteiger partial charge < -0.3 is 10.6 Å². The minimum Gasteiger partial charge on any atom is -0.307 e. The molecule has 3 heteroatoms. The van der Waals surface area contributed by atoms with Gasteiger partial charge in [0, 0.05) is 0 Å². The van der Waals surface area contributed by atoms with Gasteiger partial charge in [-0.15, -0.1) is 0 Å². The van der Waals surface area contributed by atoms with E-state index in [1.54, 1.807) is 0 Å². The Bertz CT molecular complexity index is 192. The van der Waals surface area contributed by atoms with Gasteiger partial charge in [0.25, 0.3) is 0 Å². The maximum Gasteiger partial charge on any atom is 0.166 e. The highest BCUT2D eigenvalue weighted by Gasteiger charge is 2.27. The number of nitrogens with one attached hydrogen (secondary N) is 2. The van der Waals surface area contributed by atoms with E-state index in [9.17, 15) is 4.79 Å². The van der Waals surface area contributed by atoms with Crippen molar-refractivity contribution in [3.63, 3.8) is 0 Å². The lowest BCUT2D eigenvalue weighted by Gasteiger charge is -2.21. The van der Waals surface area contributed by atoms with Gasteiger partial charge in [-0.2, -0.15) is 0 Å². The monoisotopic (exact) mass is 224 g/mol. The van der Waals surface area contributed by atoms with Crippen LogP contribution in [0.15, 0.2) is 0 Å². The van der Waals surface area contributed by atoms with Crippen LogP contribution in [-0.2, 0) is 4.79 Å². The first-order valence-electron chi connectivity index (χ1n) is 6.88. The largest absolute Gasteiger partial charge is 0.307 e. The first-order chi connectivity index (χ1) is 7.88. The molecule has 2 atom stereocenters. The number of Topliss-reactive ketones (excluding diaryl/α,β-unsaturated/α-hetero) is 1. The van der Waals surface area contributed by atoms with Gasteiger partial charge in [0.05, 0.1) is 12.1 Å². The lowest BCUT2D eigenvalue weighted by atomic mass is 9.98. The Morgan fingerprint density at radius 3 is 1.75 bits per heavy atom. The van der Waals surface area contributed by atoms with Crippen LogP contribution in [0, 0.1) is 0 Å². The van der Waals surface area contributed by atoms with Gasteiger partial charge in [0.2, 0.25) is 0 Å². The number of carbonyl (C=O) groups excluding carboxylic acids is 1. The summed E-state index contributed by atoms with van der Waals surface area (Å²) in [5.41, 5.74) is 0. The van der Waals surface area contributed by atoms with E-state index in [0.717, 1.165) is 25.9 Å². The minimum absolute atomic E-state index is 0.123. The molecule has 0 aromatic rings. The Balaban J connectivity index is 1.88. The van der Waals surface area contributed by atoms with Crippen LogP contribution < -0.4 is 10.6 Å². The van der Waals surface area contributed by atoms with Crippen molar-refractivity contribution in [2.24, 2.45) is 0 Å². The molecule has 0 radical (unpaired) electrons. The molecule has 2 N–H and O–H groups in total. The number of hydrogen-bond acceptors (Lipinski definition) is 3. The van der Waals surface area contributed by atoms with Gasteiger partial charge in [0.15, 0.2) is 5.78 Å². The Morgan fingerprint density at radius 1 is 0.750 bits per heavy atom. The maximum atomic E-state index is 12.3. The molecule has 3 nitrogen and oxygen atoms in total. The van der Waals surface area contributed by atoms with Crippen LogP contribution in [-0.4, -0.2) is 31.0 Å². The summed E-state index contributed by atoms with van der Waals surface area (Å²) in [6, 6.07) is 0.246. The molecule has 2 fully saturated rings. The van der Waals surface area contributed by atoms with E-state index in [2.05, 4.69) is 10.6 Å². The van der Waals surface area contributed by atoms with Crippen molar-refractivity contribution in [2.45, 2.75) is 63.5 Å². The third kappa shape index (κ3) is 3.29. The molecule has 0 spiro atoms. The minimum atomic E-state index is 0.123. The molecule has 2 aliphatic heterocycles. The van der Waals surface area contributed by atoms with Crippen molar-refractivity contribution in [1.29, 1.82) is 0 Å². The van der Waals surface area contributed by atoms with Gasteiger partial charge in [-0.05, 0) is 38.8 Å². The molecular formula is C13H24N2O. The van der Waals surface area contributed by atoms with Crippen molar-refractivity contribution >= 4 is 5.78 Å². The zero-order valence-electron chi connectivity index (χ0n) is 10.1. The smallest absolute Gasteiger partial charge is 0.166 e. The highest BCUT2D eigenvalue weighted by atomic mass is 16.1. The summed E-state index contributed by atoms with van der Waals surface area (Å²) in [5.74, 6) is 0.420. The highest BCUT2D eigenvalue weighted by Crippen LogP contribution is 2.15. The second-order valence-electron chi connectivity index (χ2n) is 5.11. The average Bonchev–Trinajstić information content (AvgIpc) is 2.73. The topological polar surface area (TPSA) is 41.1 Å².